The number of nitrogens with zero attached hydrogens (tertiary/aromatic N) is 2. The molecule has 0 amide bonds. The predicted octanol–water partition coefficient (Wildman–Crippen LogP) is 0.459. The van der Waals surface area contributed by atoms with Crippen molar-refractivity contribution in [1.82, 2.24) is 14.5 Å². The van der Waals surface area contributed by atoms with Gasteiger partial charge in [-0.15, -0.1) is 0 Å². The number of hydrogen-bond acceptors (Lipinski definition) is 4. The van der Waals surface area contributed by atoms with Crippen LogP contribution in [0, 0.1) is 5.82 Å². The third-order valence-electron chi connectivity index (χ3n) is 2.71. The van der Waals surface area contributed by atoms with E-state index in [0.717, 1.165) is 6.07 Å². The molecule has 108 valence electrons. The van der Waals surface area contributed by atoms with Crippen molar-refractivity contribution in [1.29, 1.82) is 0 Å². The molecule has 1 aromatic heterocycles. The maximum Gasteiger partial charge on any atom is 0.243 e. The highest BCUT2D eigenvalue weighted by Gasteiger charge is 2.18. The minimum absolute atomic E-state index is 0.121. The van der Waals surface area contributed by atoms with Crippen LogP contribution in [0.1, 0.15) is 5.56 Å². The van der Waals surface area contributed by atoms with Crippen LogP contribution in [0.15, 0.2) is 41.6 Å². The van der Waals surface area contributed by atoms with E-state index in [0.29, 0.717) is 12.1 Å². The van der Waals surface area contributed by atoms with E-state index >= 15 is 0 Å². The molecule has 20 heavy (non-hydrogen) atoms. The van der Waals surface area contributed by atoms with E-state index < -0.39 is 15.8 Å². The lowest BCUT2D eigenvalue weighted by Crippen LogP contribution is -2.28. The third kappa shape index (κ3) is 3.41. The van der Waals surface area contributed by atoms with Crippen molar-refractivity contribution in [3.05, 3.63) is 48.0 Å². The Morgan fingerprint density at radius 1 is 1.40 bits per heavy atom. The van der Waals surface area contributed by atoms with Gasteiger partial charge in [0.05, 0.1) is 6.54 Å². The highest BCUT2D eigenvalue weighted by atomic mass is 32.2. The van der Waals surface area contributed by atoms with Gasteiger partial charge in [-0.3, -0.25) is 4.68 Å². The number of rotatable bonds is 6. The van der Waals surface area contributed by atoms with Crippen molar-refractivity contribution in [2.75, 3.05) is 6.54 Å². The van der Waals surface area contributed by atoms with Gasteiger partial charge in [0, 0.05) is 25.5 Å². The summed E-state index contributed by atoms with van der Waals surface area (Å²) in [7, 11) is -3.90. The van der Waals surface area contributed by atoms with Crippen molar-refractivity contribution < 1.29 is 12.8 Å². The number of nitrogens with one attached hydrogen (secondary N) is 1. The second-order valence-electron chi connectivity index (χ2n) is 4.14. The van der Waals surface area contributed by atoms with Gasteiger partial charge >= 0.3 is 0 Å². The quantitative estimate of drug-likeness (QED) is 0.810. The van der Waals surface area contributed by atoms with Crippen LogP contribution < -0.4 is 10.5 Å². The zero-order valence-electron chi connectivity index (χ0n) is 10.7. The average molecular weight is 298 g/mol. The SMILES string of the molecule is NCc1ccc(F)c(S(=O)(=O)NCCn2cccn2)c1. The molecule has 0 saturated heterocycles. The van der Waals surface area contributed by atoms with Gasteiger partial charge in [-0.05, 0) is 23.8 Å². The molecule has 2 rings (SSSR count). The van der Waals surface area contributed by atoms with E-state index in [1.165, 1.54) is 12.1 Å². The Morgan fingerprint density at radius 2 is 2.20 bits per heavy atom. The van der Waals surface area contributed by atoms with E-state index in [-0.39, 0.29) is 18.0 Å². The molecule has 8 heteroatoms. The lowest BCUT2D eigenvalue weighted by Gasteiger charge is -2.09. The molecule has 0 bridgehead atoms. The fourth-order valence-corrected chi connectivity index (χ4v) is 2.83. The smallest absolute Gasteiger partial charge is 0.243 e. The number of aromatic nitrogens is 2. The van der Waals surface area contributed by atoms with Crippen LogP contribution in [0.4, 0.5) is 4.39 Å². The number of hydrogen-bond donors (Lipinski definition) is 2. The first-order valence-corrected chi connectivity index (χ1v) is 7.47. The van der Waals surface area contributed by atoms with E-state index in [9.17, 15) is 12.8 Å². The van der Waals surface area contributed by atoms with Gasteiger partial charge in [0.25, 0.3) is 0 Å². The van der Waals surface area contributed by atoms with Crippen molar-refractivity contribution in [3.8, 4) is 0 Å². The lowest BCUT2D eigenvalue weighted by molar-refractivity contribution is 0.544. The molecule has 0 unspecified atom stereocenters. The molecule has 0 atom stereocenters. The Labute approximate surface area is 116 Å². The monoisotopic (exact) mass is 298 g/mol. The topological polar surface area (TPSA) is 90.0 Å². The van der Waals surface area contributed by atoms with E-state index in [1.807, 2.05) is 0 Å². The van der Waals surface area contributed by atoms with Gasteiger partial charge in [-0.2, -0.15) is 5.10 Å². The predicted molar refractivity (Wildman–Crippen MR) is 71.7 cm³/mol. The van der Waals surface area contributed by atoms with Crippen LogP contribution in [-0.2, 0) is 23.1 Å². The van der Waals surface area contributed by atoms with Crippen LogP contribution >= 0.6 is 0 Å². The highest BCUT2D eigenvalue weighted by molar-refractivity contribution is 7.89. The fraction of sp³-hybridized carbons (Fsp3) is 0.250. The molecule has 0 aliphatic rings. The summed E-state index contributed by atoms with van der Waals surface area (Å²) in [6, 6.07) is 5.53. The number of sulfonamides is 1. The number of nitrogens with two attached hydrogens (primary N) is 1. The average Bonchev–Trinajstić information content (AvgIpc) is 2.92. The van der Waals surface area contributed by atoms with Crippen LogP contribution in [0.2, 0.25) is 0 Å². The Balaban J connectivity index is 2.09. The summed E-state index contributed by atoms with van der Waals surface area (Å²) in [5.74, 6) is -0.797. The van der Waals surface area contributed by atoms with Crippen LogP contribution in [0.25, 0.3) is 0 Å². The molecular weight excluding hydrogens is 283 g/mol. The molecular formula is C12H15FN4O2S. The molecule has 1 heterocycles. The Morgan fingerprint density at radius 3 is 2.85 bits per heavy atom. The second-order valence-corrected chi connectivity index (χ2v) is 5.87. The van der Waals surface area contributed by atoms with E-state index in [2.05, 4.69) is 9.82 Å². The number of halogens is 1. The van der Waals surface area contributed by atoms with Gasteiger partial charge in [0.2, 0.25) is 10.0 Å². The normalized spacial score (nSPS) is 11.7. The minimum atomic E-state index is -3.90. The summed E-state index contributed by atoms with van der Waals surface area (Å²) in [5, 5.41) is 3.94. The van der Waals surface area contributed by atoms with Gasteiger partial charge in [-0.1, -0.05) is 6.07 Å². The molecule has 1 aromatic carbocycles. The maximum atomic E-state index is 13.6. The Bertz CT molecular complexity index is 671. The summed E-state index contributed by atoms with van der Waals surface area (Å²) in [4.78, 5) is -0.388. The third-order valence-corrected chi connectivity index (χ3v) is 4.19. The van der Waals surface area contributed by atoms with Gasteiger partial charge in [0.1, 0.15) is 10.7 Å². The summed E-state index contributed by atoms with van der Waals surface area (Å²) in [5.41, 5.74) is 5.98. The summed E-state index contributed by atoms with van der Waals surface area (Å²) in [6.07, 6.45) is 3.31. The maximum absolute atomic E-state index is 13.6. The molecule has 0 aliphatic carbocycles. The summed E-state index contributed by atoms with van der Waals surface area (Å²) in [6.45, 7) is 0.636. The number of benzene rings is 1. The zero-order valence-corrected chi connectivity index (χ0v) is 11.5. The molecule has 0 saturated carbocycles. The highest BCUT2D eigenvalue weighted by Crippen LogP contribution is 2.16. The molecule has 0 radical (unpaired) electrons. The van der Waals surface area contributed by atoms with Gasteiger partial charge in [-0.25, -0.2) is 17.5 Å². The van der Waals surface area contributed by atoms with Gasteiger partial charge < -0.3 is 5.73 Å². The fourth-order valence-electron chi connectivity index (χ4n) is 1.69. The van der Waals surface area contributed by atoms with E-state index in [1.54, 1.807) is 23.1 Å². The molecule has 2 aromatic rings. The Kier molecular flexibility index (Phi) is 4.48. The first kappa shape index (κ1) is 14.6. The summed E-state index contributed by atoms with van der Waals surface area (Å²) >= 11 is 0. The molecule has 0 spiro atoms. The Hall–Kier alpha value is -1.77. The van der Waals surface area contributed by atoms with Gasteiger partial charge in [0.15, 0.2) is 0 Å². The van der Waals surface area contributed by atoms with E-state index in [4.69, 9.17) is 5.73 Å². The summed E-state index contributed by atoms with van der Waals surface area (Å²) < 4.78 is 41.6. The van der Waals surface area contributed by atoms with Crippen molar-refractivity contribution in [3.63, 3.8) is 0 Å². The first-order valence-electron chi connectivity index (χ1n) is 5.98. The molecule has 3 N–H and O–H groups in total. The van der Waals surface area contributed by atoms with Crippen LogP contribution in [0.5, 0.6) is 0 Å². The van der Waals surface area contributed by atoms with Crippen molar-refractivity contribution >= 4 is 10.0 Å². The standard InChI is InChI=1S/C12H15FN4O2S/c13-11-3-2-10(9-14)8-12(11)20(18,19)16-5-7-17-6-1-4-15-17/h1-4,6,8,16H,5,7,9,14H2. The largest absolute Gasteiger partial charge is 0.326 e. The molecule has 0 aliphatic heterocycles. The van der Waals surface area contributed by atoms with Crippen LogP contribution in [-0.4, -0.2) is 24.7 Å². The zero-order chi connectivity index (χ0) is 14.6. The lowest BCUT2D eigenvalue weighted by atomic mass is 10.2. The minimum Gasteiger partial charge on any atom is -0.326 e. The van der Waals surface area contributed by atoms with Crippen molar-refractivity contribution in [2.24, 2.45) is 5.73 Å². The molecule has 6 nitrogen and oxygen atoms in total. The van der Waals surface area contributed by atoms with Crippen LogP contribution in [0.3, 0.4) is 0 Å². The first-order chi connectivity index (χ1) is 9.53. The van der Waals surface area contributed by atoms with Crippen molar-refractivity contribution in [2.45, 2.75) is 18.0 Å². The second kappa shape index (κ2) is 6.12. The molecule has 0 fully saturated rings.